The van der Waals surface area contributed by atoms with Gasteiger partial charge in [0.2, 0.25) is 0 Å². The van der Waals surface area contributed by atoms with Crippen molar-refractivity contribution in [1.29, 1.82) is 0 Å². The van der Waals surface area contributed by atoms with Crippen LogP contribution in [0.2, 0.25) is 0 Å². The van der Waals surface area contributed by atoms with E-state index in [1.807, 2.05) is 11.9 Å². The molecule has 120 valence electrons. The molecule has 2 aliphatic rings. The standard InChI is InChI=1S/C13H20N4O2.2ClH/c1-17(13(4-5-13)8-19-2)12(18)11-9-7-14-6-3-10(9)15-16-11;;/h14H,3-8H2,1-2H3,(H,15,16);2*1H. The van der Waals surface area contributed by atoms with Gasteiger partial charge in [-0.2, -0.15) is 5.10 Å². The van der Waals surface area contributed by atoms with Gasteiger partial charge in [-0.05, 0) is 12.8 Å². The van der Waals surface area contributed by atoms with Crippen LogP contribution in [-0.4, -0.2) is 53.9 Å². The van der Waals surface area contributed by atoms with Crippen molar-refractivity contribution >= 4 is 30.7 Å². The largest absolute Gasteiger partial charge is 0.382 e. The molecule has 0 spiro atoms. The van der Waals surface area contributed by atoms with Crippen LogP contribution in [0.4, 0.5) is 0 Å². The zero-order valence-electron chi connectivity index (χ0n) is 12.3. The van der Waals surface area contributed by atoms with E-state index in [0.717, 1.165) is 43.6 Å². The van der Waals surface area contributed by atoms with E-state index in [9.17, 15) is 4.79 Å². The Morgan fingerprint density at radius 2 is 2.14 bits per heavy atom. The van der Waals surface area contributed by atoms with E-state index in [0.29, 0.717) is 12.3 Å². The lowest BCUT2D eigenvalue weighted by molar-refractivity contribution is 0.0544. The number of aromatic amines is 1. The fraction of sp³-hybridized carbons (Fsp3) is 0.692. The Balaban J connectivity index is 0.00000110. The minimum atomic E-state index is -0.111. The van der Waals surface area contributed by atoms with Gasteiger partial charge in [0.05, 0.1) is 12.1 Å². The van der Waals surface area contributed by atoms with E-state index in [2.05, 4.69) is 15.5 Å². The third kappa shape index (κ3) is 3.18. The molecule has 0 saturated heterocycles. The second-order valence-electron chi connectivity index (χ2n) is 5.48. The Morgan fingerprint density at radius 3 is 2.76 bits per heavy atom. The van der Waals surface area contributed by atoms with Crippen LogP contribution in [0.1, 0.15) is 34.6 Å². The first-order valence-corrected chi connectivity index (χ1v) is 6.72. The Hall–Kier alpha value is -0.820. The first-order valence-electron chi connectivity index (χ1n) is 6.72. The summed E-state index contributed by atoms with van der Waals surface area (Å²) in [6.45, 7) is 2.25. The molecular formula is C13H22Cl2N4O2. The van der Waals surface area contributed by atoms with Gasteiger partial charge in [0.25, 0.3) is 5.91 Å². The number of likely N-dealkylation sites (N-methyl/N-ethyl adjacent to an activating group) is 1. The van der Waals surface area contributed by atoms with Gasteiger partial charge in [-0.15, -0.1) is 24.8 Å². The summed E-state index contributed by atoms with van der Waals surface area (Å²) < 4.78 is 5.24. The van der Waals surface area contributed by atoms with Crippen molar-refractivity contribution in [1.82, 2.24) is 20.4 Å². The number of nitrogens with zero attached hydrogens (tertiary/aromatic N) is 2. The summed E-state index contributed by atoms with van der Waals surface area (Å²) in [6, 6.07) is 0. The fourth-order valence-corrected chi connectivity index (χ4v) is 2.77. The molecule has 0 unspecified atom stereocenters. The monoisotopic (exact) mass is 336 g/mol. The van der Waals surface area contributed by atoms with Crippen molar-refractivity contribution < 1.29 is 9.53 Å². The summed E-state index contributed by atoms with van der Waals surface area (Å²) in [7, 11) is 3.53. The number of ether oxygens (including phenoxy) is 1. The van der Waals surface area contributed by atoms with Crippen LogP contribution in [0.3, 0.4) is 0 Å². The lowest BCUT2D eigenvalue weighted by Gasteiger charge is -2.27. The summed E-state index contributed by atoms with van der Waals surface area (Å²) >= 11 is 0. The first-order chi connectivity index (χ1) is 9.18. The highest BCUT2D eigenvalue weighted by atomic mass is 35.5. The maximum absolute atomic E-state index is 12.6. The summed E-state index contributed by atoms with van der Waals surface area (Å²) in [5, 5.41) is 10.5. The smallest absolute Gasteiger partial charge is 0.274 e. The molecule has 1 aromatic rings. The highest BCUT2D eigenvalue weighted by Gasteiger charge is 2.49. The number of rotatable bonds is 4. The molecule has 3 rings (SSSR count). The lowest BCUT2D eigenvalue weighted by atomic mass is 10.1. The van der Waals surface area contributed by atoms with Gasteiger partial charge in [0.15, 0.2) is 5.69 Å². The van der Waals surface area contributed by atoms with Gasteiger partial charge in [-0.25, -0.2) is 0 Å². The number of carbonyl (C=O) groups excluding carboxylic acids is 1. The van der Waals surface area contributed by atoms with E-state index >= 15 is 0 Å². The van der Waals surface area contributed by atoms with E-state index in [1.54, 1.807) is 7.11 Å². The van der Waals surface area contributed by atoms with Gasteiger partial charge < -0.3 is 15.0 Å². The summed E-state index contributed by atoms with van der Waals surface area (Å²) in [6.07, 6.45) is 2.92. The molecule has 2 N–H and O–H groups in total. The van der Waals surface area contributed by atoms with Gasteiger partial charge in [0, 0.05) is 44.9 Å². The number of halogens is 2. The third-order valence-electron chi connectivity index (χ3n) is 4.27. The van der Waals surface area contributed by atoms with Gasteiger partial charge >= 0.3 is 0 Å². The number of nitrogens with one attached hydrogen (secondary N) is 2. The number of amides is 1. The van der Waals surface area contributed by atoms with Crippen LogP contribution >= 0.6 is 24.8 Å². The Bertz CT molecular complexity index is 502. The van der Waals surface area contributed by atoms with E-state index < -0.39 is 0 Å². The molecule has 0 aromatic carbocycles. The molecule has 1 aliphatic heterocycles. The van der Waals surface area contributed by atoms with Crippen LogP contribution in [0.15, 0.2) is 0 Å². The SMILES string of the molecule is COCC1(N(C)C(=O)c2n[nH]c3c2CNCC3)CC1.Cl.Cl. The van der Waals surface area contributed by atoms with Crippen LogP contribution < -0.4 is 5.32 Å². The van der Waals surface area contributed by atoms with Crippen molar-refractivity contribution in [3.63, 3.8) is 0 Å². The Morgan fingerprint density at radius 1 is 1.43 bits per heavy atom. The number of aromatic nitrogens is 2. The molecule has 2 heterocycles. The van der Waals surface area contributed by atoms with Crippen molar-refractivity contribution in [3.05, 3.63) is 17.0 Å². The lowest BCUT2D eigenvalue weighted by Crippen LogP contribution is -2.42. The third-order valence-corrected chi connectivity index (χ3v) is 4.27. The van der Waals surface area contributed by atoms with Crippen molar-refractivity contribution in [2.24, 2.45) is 0 Å². The topological polar surface area (TPSA) is 70.2 Å². The first kappa shape index (κ1) is 18.2. The van der Waals surface area contributed by atoms with E-state index in [4.69, 9.17) is 4.74 Å². The quantitative estimate of drug-likeness (QED) is 0.865. The molecule has 1 amide bonds. The van der Waals surface area contributed by atoms with E-state index in [-0.39, 0.29) is 36.3 Å². The zero-order chi connectivity index (χ0) is 13.5. The van der Waals surface area contributed by atoms with Crippen molar-refractivity contribution in [2.75, 3.05) is 27.3 Å². The second-order valence-corrected chi connectivity index (χ2v) is 5.48. The molecule has 21 heavy (non-hydrogen) atoms. The maximum atomic E-state index is 12.6. The predicted molar refractivity (Wildman–Crippen MR) is 84.4 cm³/mol. The number of carbonyl (C=O) groups is 1. The van der Waals surface area contributed by atoms with Crippen LogP contribution in [0.5, 0.6) is 0 Å². The fourth-order valence-electron chi connectivity index (χ4n) is 2.77. The number of fused-ring (bicyclic) bond motifs is 1. The van der Waals surface area contributed by atoms with Crippen LogP contribution in [0.25, 0.3) is 0 Å². The Kier molecular flexibility index (Phi) is 6.04. The molecule has 1 saturated carbocycles. The average Bonchev–Trinajstić information content (AvgIpc) is 3.09. The number of hydrogen-bond donors (Lipinski definition) is 2. The average molecular weight is 337 g/mol. The molecule has 0 radical (unpaired) electrons. The molecule has 1 aromatic heterocycles. The second kappa shape index (κ2) is 6.96. The summed E-state index contributed by atoms with van der Waals surface area (Å²) in [4.78, 5) is 14.4. The number of hydrogen-bond acceptors (Lipinski definition) is 4. The van der Waals surface area contributed by atoms with Gasteiger partial charge in [-0.1, -0.05) is 0 Å². The minimum absolute atomic E-state index is 0. The molecule has 0 atom stereocenters. The normalized spacial score (nSPS) is 18.0. The molecule has 6 nitrogen and oxygen atoms in total. The van der Waals surface area contributed by atoms with Crippen molar-refractivity contribution in [2.45, 2.75) is 31.3 Å². The van der Waals surface area contributed by atoms with Crippen molar-refractivity contribution in [3.8, 4) is 0 Å². The minimum Gasteiger partial charge on any atom is -0.382 e. The molecule has 0 bridgehead atoms. The summed E-state index contributed by atoms with van der Waals surface area (Å²) in [5.41, 5.74) is 2.57. The maximum Gasteiger partial charge on any atom is 0.274 e. The highest BCUT2D eigenvalue weighted by molar-refractivity contribution is 5.94. The van der Waals surface area contributed by atoms with Crippen LogP contribution in [-0.2, 0) is 17.7 Å². The Labute approximate surface area is 136 Å². The van der Waals surface area contributed by atoms with E-state index in [1.165, 1.54) is 0 Å². The molecule has 8 heteroatoms. The van der Waals surface area contributed by atoms with Gasteiger partial charge in [0.1, 0.15) is 0 Å². The summed E-state index contributed by atoms with van der Waals surface area (Å²) in [5.74, 6) is -0.00394. The predicted octanol–water partition coefficient (Wildman–Crippen LogP) is 1.15. The number of H-pyrrole nitrogens is 1. The zero-order valence-corrected chi connectivity index (χ0v) is 13.9. The highest BCUT2D eigenvalue weighted by Crippen LogP contribution is 2.41. The van der Waals surface area contributed by atoms with Gasteiger partial charge in [-0.3, -0.25) is 9.89 Å². The molecular weight excluding hydrogens is 315 g/mol. The molecule has 1 fully saturated rings. The number of methoxy groups -OCH3 is 1. The van der Waals surface area contributed by atoms with Crippen LogP contribution in [0, 0.1) is 0 Å². The molecule has 1 aliphatic carbocycles.